The fraction of sp³-hybridized carbons (Fsp3) is 0.795. The standard InChI is InChI=1S/C44H68N2O5/c1-12-14-31(36(49)45-38(2,3)4)46(27-28-15-13-24-51-28)37(50)41(8)21-20-40(7)22-23-43(10)29(30(40)26-41)25-32(47)35-42(9)18-17-34(48)39(5,6)33(42)16-19-44(35,43)11/h13,15,24-25,30-31,33-35,48H,12,14,16-23,26-27H2,1-11H3,(H,45,49)/t30-,31?,33-,34-,35+,40+,41-,42-,43+,44+/m0/s1. The average Bonchev–Trinajstić information content (AvgIpc) is 3.55. The van der Waals surface area contributed by atoms with E-state index in [1.54, 1.807) is 6.26 Å². The van der Waals surface area contributed by atoms with Gasteiger partial charge in [0.1, 0.15) is 11.8 Å². The lowest BCUT2D eigenvalue weighted by molar-refractivity contribution is -0.202. The molecule has 5 aliphatic carbocycles. The second kappa shape index (κ2) is 12.6. The summed E-state index contributed by atoms with van der Waals surface area (Å²) >= 11 is 0. The number of fused-ring (bicyclic) bond motifs is 7. The second-order valence-corrected chi connectivity index (χ2v) is 20.7. The quantitative estimate of drug-likeness (QED) is 0.295. The van der Waals surface area contributed by atoms with E-state index < -0.39 is 17.0 Å². The number of hydrogen-bond donors (Lipinski definition) is 2. The Balaban J connectivity index is 1.38. The van der Waals surface area contributed by atoms with Crippen molar-refractivity contribution < 1.29 is 23.9 Å². The average molecular weight is 705 g/mol. The molecule has 4 saturated carbocycles. The van der Waals surface area contributed by atoms with E-state index in [1.807, 2.05) is 37.8 Å². The van der Waals surface area contributed by atoms with Gasteiger partial charge >= 0.3 is 0 Å². The predicted molar refractivity (Wildman–Crippen MR) is 201 cm³/mol. The van der Waals surface area contributed by atoms with Gasteiger partial charge in [-0.3, -0.25) is 14.4 Å². The maximum absolute atomic E-state index is 15.2. The third-order valence-electron chi connectivity index (χ3n) is 16.0. The minimum atomic E-state index is -0.697. The van der Waals surface area contributed by atoms with Crippen molar-refractivity contribution in [2.75, 3.05) is 0 Å². The first-order valence-corrected chi connectivity index (χ1v) is 20.2. The summed E-state index contributed by atoms with van der Waals surface area (Å²) < 4.78 is 5.78. The highest BCUT2D eigenvalue weighted by Crippen LogP contribution is 2.75. The predicted octanol–water partition coefficient (Wildman–Crippen LogP) is 9.03. The summed E-state index contributed by atoms with van der Waals surface area (Å²) in [6.45, 7) is 24.5. The molecule has 7 nitrogen and oxygen atoms in total. The van der Waals surface area contributed by atoms with Crippen molar-refractivity contribution in [1.29, 1.82) is 0 Å². The molecule has 0 aromatic carbocycles. The van der Waals surface area contributed by atoms with Crippen molar-refractivity contribution in [2.45, 2.75) is 171 Å². The van der Waals surface area contributed by atoms with Crippen LogP contribution in [-0.4, -0.2) is 45.3 Å². The molecule has 2 amide bonds. The molecule has 1 unspecified atom stereocenters. The zero-order chi connectivity index (χ0) is 37.6. The normalized spacial score (nSPS) is 40.9. The van der Waals surface area contributed by atoms with E-state index in [9.17, 15) is 14.7 Å². The Bertz CT molecular complexity index is 1550. The van der Waals surface area contributed by atoms with Gasteiger partial charge in [-0.2, -0.15) is 0 Å². The lowest BCUT2D eigenvalue weighted by Gasteiger charge is -2.70. The molecule has 0 aliphatic heterocycles. The summed E-state index contributed by atoms with van der Waals surface area (Å²) in [6.07, 6.45) is 12.8. The molecule has 0 radical (unpaired) electrons. The van der Waals surface area contributed by atoms with E-state index in [0.717, 1.165) is 57.8 Å². The molecule has 6 rings (SSSR count). The Kier molecular flexibility index (Phi) is 9.46. The van der Waals surface area contributed by atoms with Crippen molar-refractivity contribution in [3.63, 3.8) is 0 Å². The van der Waals surface area contributed by atoms with Crippen LogP contribution < -0.4 is 5.32 Å². The Morgan fingerprint density at radius 2 is 1.69 bits per heavy atom. The van der Waals surface area contributed by atoms with Crippen molar-refractivity contribution in [3.05, 3.63) is 35.8 Å². The van der Waals surface area contributed by atoms with Crippen molar-refractivity contribution >= 4 is 17.6 Å². The molecule has 1 heterocycles. The third kappa shape index (κ3) is 5.98. The monoisotopic (exact) mass is 705 g/mol. The molecule has 5 aliphatic rings. The van der Waals surface area contributed by atoms with Crippen molar-refractivity contribution in [1.82, 2.24) is 10.2 Å². The molecule has 1 aromatic rings. The lowest BCUT2D eigenvalue weighted by atomic mass is 9.33. The molecule has 0 bridgehead atoms. The van der Waals surface area contributed by atoms with Crippen LogP contribution in [0.2, 0.25) is 0 Å². The van der Waals surface area contributed by atoms with Crippen LogP contribution in [0.5, 0.6) is 0 Å². The highest BCUT2D eigenvalue weighted by atomic mass is 16.3. The number of aliphatic hydroxyl groups excluding tert-OH is 1. The largest absolute Gasteiger partial charge is 0.467 e. The number of furan rings is 1. The lowest BCUT2D eigenvalue weighted by Crippen LogP contribution is -2.66. The Hall–Kier alpha value is -2.41. The summed E-state index contributed by atoms with van der Waals surface area (Å²) in [5, 5.41) is 14.3. The maximum Gasteiger partial charge on any atom is 0.243 e. The first-order valence-electron chi connectivity index (χ1n) is 20.2. The van der Waals surface area contributed by atoms with Gasteiger partial charge in [0.05, 0.1) is 18.9 Å². The number of carbonyl (C=O) groups excluding carboxylic acids is 3. The van der Waals surface area contributed by atoms with Crippen LogP contribution in [0, 0.1) is 50.2 Å². The number of aliphatic hydroxyl groups is 1. The van der Waals surface area contributed by atoms with Crippen LogP contribution in [0.1, 0.15) is 153 Å². The number of ketones is 1. The Morgan fingerprint density at radius 3 is 2.31 bits per heavy atom. The number of rotatable bonds is 7. The summed E-state index contributed by atoms with van der Waals surface area (Å²) in [7, 11) is 0. The molecule has 7 heteroatoms. The number of hydrogen-bond acceptors (Lipinski definition) is 5. The van der Waals surface area contributed by atoms with E-state index in [-0.39, 0.29) is 69.2 Å². The van der Waals surface area contributed by atoms with Gasteiger partial charge in [0.2, 0.25) is 11.8 Å². The molecular weight excluding hydrogens is 636 g/mol. The van der Waals surface area contributed by atoms with Crippen LogP contribution in [-0.2, 0) is 20.9 Å². The summed E-state index contributed by atoms with van der Waals surface area (Å²) in [5.41, 5.74) is -0.577. The Labute approximate surface area is 308 Å². The fourth-order valence-corrected chi connectivity index (χ4v) is 12.8. The van der Waals surface area contributed by atoms with E-state index in [1.165, 1.54) is 5.57 Å². The van der Waals surface area contributed by atoms with Gasteiger partial charge in [-0.15, -0.1) is 0 Å². The maximum atomic E-state index is 15.2. The molecule has 51 heavy (non-hydrogen) atoms. The molecule has 0 saturated heterocycles. The van der Waals surface area contributed by atoms with E-state index in [2.05, 4.69) is 66.8 Å². The summed E-state index contributed by atoms with van der Waals surface area (Å²) in [6, 6.07) is 3.11. The SMILES string of the molecule is CCCC(C(=O)NC(C)(C)C)N(Cc1ccco1)C(=O)[C@@]1(C)CC[C@]2(C)CC[C@]3(C)C(=CC(=O)[C@@H]4[C@@]5(C)CC[C@H](O)C(C)(C)[C@@H]5CC[C@]43C)[C@@H]2C1. The Morgan fingerprint density at radius 1 is 1.00 bits per heavy atom. The molecule has 10 atom stereocenters. The van der Waals surface area contributed by atoms with Gasteiger partial charge < -0.3 is 19.7 Å². The highest BCUT2D eigenvalue weighted by Gasteiger charge is 2.70. The van der Waals surface area contributed by atoms with Crippen LogP contribution in [0.15, 0.2) is 34.5 Å². The number of nitrogens with zero attached hydrogens (tertiary/aromatic N) is 1. The molecule has 4 fully saturated rings. The van der Waals surface area contributed by atoms with Gasteiger partial charge in [-0.05, 0) is 142 Å². The second-order valence-electron chi connectivity index (χ2n) is 20.7. The third-order valence-corrected chi connectivity index (χ3v) is 16.0. The van der Waals surface area contributed by atoms with E-state index in [0.29, 0.717) is 24.5 Å². The molecular formula is C44H68N2O5. The van der Waals surface area contributed by atoms with Crippen LogP contribution in [0.4, 0.5) is 0 Å². The fourth-order valence-electron chi connectivity index (χ4n) is 12.8. The molecule has 284 valence electrons. The van der Waals surface area contributed by atoms with E-state index in [4.69, 9.17) is 4.42 Å². The summed E-state index contributed by atoms with van der Waals surface area (Å²) in [5.74, 6) is 1.16. The van der Waals surface area contributed by atoms with Gasteiger partial charge in [-0.25, -0.2) is 0 Å². The zero-order valence-corrected chi connectivity index (χ0v) is 33.7. The number of amides is 2. The molecule has 1 aromatic heterocycles. The number of nitrogens with one attached hydrogen (secondary N) is 1. The van der Waals surface area contributed by atoms with Gasteiger partial charge in [0, 0.05) is 16.9 Å². The van der Waals surface area contributed by atoms with Crippen LogP contribution in [0.3, 0.4) is 0 Å². The number of carbonyl (C=O) groups is 3. The minimum absolute atomic E-state index is 0.00489. The molecule has 2 N–H and O–H groups in total. The first-order chi connectivity index (χ1) is 23.6. The van der Waals surface area contributed by atoms with Gasteiger partial charge in [-0.1, -0.05) is 67.4 Å². The van der Waals surface area contributed by atoms with Crippen LogP contribution in [0.25, 0.3) is 0 Å². The summed E-state index contributed by atoms with van der Waals surface area (Å²) in [4.78, 5) is 45.7. The molecule has 0 spiro atoms. The smallest absolute Gasteiger partial charge is 0.243 e. The number of allylic oxidation sites excluding steroid dienone is 2. The van der Waals surface area contributed by atoms with Gasteiger partial charge in [0.15, 0.2) is 5.78 Å². The van der Waals surface area contributed by atoms with Crippen molar-refractivity contribution in [2.24, 2.45) is 50.2 Å². The zero-order valence-electron chi connectivity index (χ0n) is 33.7. The highest BCUT2D eigenvalue weighted by molar-refractivity contribution is 5.96. The van der Waals surface area contributed by atoms with Crippen molar-refractivity contribution in [3.8, 4) is 0 Å². The van der Waals surface area contributed by atoms with E-state index >= 15 is 4.79 Å². The first kappa shape index (κ1) is 38.3. The minimum Gasteiger partial charge on any atom is -0.467 e. The topological polar surface area (TPSA) is 99.9 Å². The van der Waals surface area contributed by atoms with Crippen LogP contribution >= 0.6 is 0 Å². The van der Waals surface area contributed by atoms with Gasteiger partial charge in [0.25, 0.3) is 0 Å².